The second kappa shape index (κ2) is 3.56. The largest absolute Gasteiger partial charge is 0.369 e. The molecule has 0 bridgehead atoms. The first-order valence-electron chi connectivity index (χ1n) is 4.62. The Kier molecular flexibility index (Phi) is 2.37. The van der Waals surface area contributed by atoms with Gasteiger partial charge in [0.1, 0.15) is 0 Å². The van der Waals surface area contributed by atoms with E-state index in [-0.39, 0.29) is 17.7 Å². The van der Waals surface area contributed by atoms with Gasteiger partial charge >= 0.3 is 0 Å². The summed E-state index contributed by atoms with van der Waals surface area (Å²) in [6.07, 6.45) is 0.727. The average Bonchev–Trinajstić information content (AvgIpc) is 2.97. The van der Waals surface area contributed by atoms with E-state index in [1.807, 2.05) is 0 Å². The van der Waals surface area contributed by atoms with Gasteiger partial charge in [0.05, 0.1) is 11.6 Å². The molecule has 0 aliphatic heterocycles. The van der Waals surface area contributed by atoms with E-state index in [0.717, 1.165) is 12.0 Å². The van der Waals surface area contributed by atoms with Crippen molar-refractivity contribution >= 4 is 17.5 Å². The minimum absolute atomic E-state index is 0.0795. The second-order valence-electron chi connectivity index (χ2n) is 3.69. The first kappa shape index (κ1) is 10.0. The van der Waals surface area contributed by atoms with E-state index in [0.29, 0.717) is 10.6 Å². The van der Waals surface area contributed by atoms with Gasteiger partial charge in [-0.25, -0.2) is 0 Å². The van der Waals surface area contributed by atoms with Crippen molar-refractivity contribution in [3.05, 3.63) is 34.3 Å². The van der Waals surface area contributed by atoms with E-state index in [4.69, 9.17) is 22.6 Å². The highest BCUT2D eigenvalue weighted by Gasteiger charge is 2.43. The molecule has 1 fully saturated rings. The van der Waals surface area contributed by atoms with Gasteiger partial charge in [0.15, 0.2) is 0 Å². The van der Waals surface area contributed by atoms with E-state index in [2.05, 4.69) is 6.07 Å². The Morgan fingerprint density at radius 3 is 2.87 bits per heavy atom. The van der Waals surface area contributed by atoms with Gasteiger partial charge in [0, 0.05) is 10.9 Å². The fraction of sp³-hybridized carbons (Fsp3) is 0.273. The molecule has 0 heterocycles. The lowest BCUT2D eigenvalue weighted by Crippen LogP contribution is -2.13. The van der Waals surface area contributed by atoms with Crippen LogP contribution in [-0.2, 0) is 4.79 Å². The number of primary amides is 1. The van der Waals surface area contributed by atoms with Gasteiger partial charge in [-0.2, -0.15) is 5.26 Å². The molecule has 4 heteroatoms. The topological polar surface area (TPSA) is 66.9 Å². The predicted octanol–water partition coefficient (Wildman–Crippen LogP) is 1.80. The van der Waals surface area contributed by atoms with Crippen LogP contribution in [0.4, 0.5) is 0 Å². The summed E-state index contributed by atoms with van der Waals surface area (Å²) in [4.78, 5) is 10.9. The molecule has 1 saturated carbocycles. The Bertz CT molecular complexity index is 464. The van der Waals surface area contributed by atoms with Crippen LogP contribution in [0.25, 0.3) is 0 Å². The molecule has 2 N–H and O–H groups in total. The van der Waals surface area contributed by atoms with Crippen molar-refractivity contribution in [3.8, 4) is 6.07 Å². The molecule has 1 aliphatic carbocycles. The maximum Gasteiger partial charge on any atom is 0.221 e. The first-order valence-corrected chi connectivity index (χ1v) is 5.00. The van der Waals surface area contributed by atoms with Gasteiger partial charge in [0.2, 0.25) is 5.91 Å². The summed E-state index contributed by atoms with van der Waals surface area (Å²) < 4.78 is 0. The summed E-state index contributed by atoms with van der Waals surface area (Å²) in [5.41, 5.74) is 6.62. The summed E-state index contributed by atoms with van der Waals surface area (Å²) in [7, 11) is 0. The van der Waals surface area contributed by atoms with Crippen LogP contribution in [0.5, 0.6) is 0 Å². The third kappa shape index (κ3) is 1.81. The number of hydrogen-bond donors (Lipinski definition) is 1. The lowest BCUT2D eigenvalue weighted by atomic mass is 10.0. The van der Waals surface area contributed by atoms with Crippen LogP contribution in [0.3, 0.4) is 0 Å². The minimum atomic E-state index is -0.302. The monoisotopic (exact) mass is 220 g/mol. The van der Waals surface area contributed by atoms with Gasteiger partial charge in [0.25, 0.3) is 0 Å². The van der Waals surface area contributed by atoms with Crippen molar-refractivity contribution < 1.29 is 4.79 Å². The van der Waals surface area contributed by atoms with E-state index < -0.39 is 0 Å². The fourth-order valence-corrected chi connectivity index (χ4v) is 1.98. The molecule has 3 nitrogen and oxygen atoms in total. The SMILES string of the molecule is N#Cc1ccc(Cl)cc1C1CC1C(N)=O. The van der Waals surface area contributed by atoms with Gasteiger partial charge in [-0.1, -0.05) is 11.6 Å². The van der Waals surface area contributed by atoms with Crippen LogP contribution in [0, 0.1) is 17.2 Å². The van der Waals surface area contributed by atoms with Crippen molar-refractivity contribution in [2.45, 2.75) is 12.3 Å². The standard InChI is InChI=1S/C11H9ClN2O/c12-7-2-1-6(5-13)8(3-7)9-4-10(9)11(14)15/h1-3,9-10H,4H2,(H2,14,15). The predicted molar refractivity (Wildman–Crippen MR) is 56.2 cm³/mol. The maximum absolute atomic E-state index is 10.9. The average molecular weight is 221 g/mol. The summed E-state index contributed by atoms with van der Waals surface area (Å²) in [5.74, 6) is -0.352. The second-order valence-corrected chi connectivity index (χ2v) is 4.13. The van der Waals surface area contributed by atoms with Crippen LogP contribution in [-0.4, -0.2) is 5.91 Å². The van der Waals surface area contributed by atoms with Gasteiger partial charge < -0.3 is 5.73 Å². The molecular weight excluding hydrogens is 212 g/mol. The zero-order valence-electron chi connectivity index (χ0n) is 7.90. The molecule has 0 aromatic heterocycles. The first-order chi connectivity index (χ1) is 7.13. The highest BCUT2D eigenvalue weighted by molar-refractivity contribution is 6.30. The highest BCUT2D eigenvalue weighted by atomic mass is 35.5. The molecule has 1 amide bonds. The lowest BCUT2D eigenvalue weighted by Gasteiger charge is -2.02. The third-order valence-corrected chi connectivity index (χ3v) is 2.92. The number of carbonyl (C=O) groups is 1. The number of nitrogens with zero attached hydrogens (tertiary/aromatic N) is 1. The minimum Gasteiger partial charge on any atom is -0.369 e. The highest BCUT2D eigenvalue weighted by Crippen LogP contribution is 2.48. The molecule has 0 saturated heterocycles. The Morgan fingerprint density at radius 1 is 1.60 bits per heavy atom. The van der Waals surface area contributed by atoms with Crippen LogP contribution < -0.4 is 5.73 Å². The molecule has 1 aliphatic rings. The molecule has 2 rings (SSSR count). The number of carbonyl (C=O) groups excluding carboxylic acids is 1. The van der Waals surface area contributed by atoms with Crippen molar-refractivity contribution in [1.29, 1.82) is 5.26 Å². The lowest BCUT2D eigenvalue weighted by molar-refractivity contribution is -0.119. The van der Waals surface area contributed by atoms with Crippen molar-refractivity contribution in [1.82, 2.24) is 0 Å². The van der Waals surface area contributed by atoms with E-state index in [9.17, 15) is 4.79 Å². The zero-order valence-corrected chi connectivity index (χ0v) is 8.66. The molecule has 76 valence electrons. The molecular formula is C11H9ClN2O. The molecule has 2 atom stereocenters. The van der Waals surface area contributed by atoms with Crippen molar-refractivity contribution in [2.24, 2.45) is 11.7 Å². The van der Waals surface area contributed by atoms with Gasteiger partial charge in [-0.3, -0.25) is 4.79 Å². The van der Waals surface area contributed by atoms with Crippen LogP contribution in [0.1, 0.15) is 23.5 Å². The molecule has 0 radical (unpaired) electrons. The number of amides is 1. The Labute approximate surface area is 92.4 Å². The number of benzene rings is 1. The third-order valence-electron chi connectivity index (χ3n) is 2.69. The van der Waals surface area contributed by atoms with E-state index in [1.54, 1.807) is 18.2 Å². The smallest absolute Gasteiger partial charge is 0.221 e. The maximum atomic E-state index is 10.9. The number of rotatable bonds is 2. The summed E-state index contributed by atoms with van der Waals surface area (Å²) >= 11 is 5.85. The number of hydrogen-bond acceptors (Lipinski definition) is 2. The Hall–Kier alpha value is -1.53. The van der Waals surface area contributed by atoms with Crippen LogP contribution in [0.15, 0.2) is 18.2 Å². The molecule has 2 unspecified atom stereocenters. The zero-order chi connectivity index (χ0) is 11.0. The van der Waals surface area contributed by atoms with Gasteiger partial charge in [-0.05, 0) is 36.1 Å². The van der Waals surface area contributed by atoms with Crippen molar-refractivity contribution in [3.63, 3.8) is 0 Å². The summed E-state index contributed by atoms with van der Waals surface area (Å²) in [6, 6.07) is 7.18. The summed E-state index contributed by atoms with van der Waals surface area (Å²) in [5, 5.41) is 9.48. The summed E-state index contributed by atoms with van der Waals surface area (Å²) in [6.45, 7) is 0. The van der Waals surface area contributed by atoms with Crippen LogP contribution in [0.2, 0.25) is 5.02 Å². The van der Waals surface area contributed by atoms with Gasteiger partial charge in [-0.15, -0.1) is 0 Å². The fourth-order valence-electron chi connectivity index (χ4n) is 1.80. The molecule has 1 aromatic carbocycles. The number of nitrogens with two attached hydrogens (primary N) is 1. The van der Waals surface area contributed by atoms with Crippen molar-refractivity contribution in [2.75, 3.05) is 0 Å². The molecule has 1 aromatic rings. The number of nitriles is 1. The van der Waals surface area contributed by atoms with E-state index >= 15 is 0 Å². The molecule has 15 heavy (non-hydrogen) atoms. The Morgan fingerprint density at radius 2 is 2.33 bits per heavy atom. The quantitative estimate of drug-likeness (QED) is 0.826. The normalized spacial score (nSPS) is 23.2. The van der Waals surface area contributed by atoms with Crippen LogP contribution >= 0.6 is 11.6 Å². The molecule has 0 spiro atoms. The van der Waals surface area contributed by atoms with E-state index in [1.165, 1.54) is 0 Å². The Balaban J connectivity index is 2.33. The number of halogens is 1.